The van der Waals surface area contributed by atoms with Crippen LogP contribution in [-0.2, 0) is 0 Å². The number of nitrogens with zero attached hydrogens (tertiary/aromatic N) is 2. The number of benzene rings is 3. The van der Waals surface area contributed by atoms with Crippen molar-refractivity contribution in [1.29, 1.82) is 0 Å². The Labute approximate surface area is 187 Å². The lowest BCUT2D eigenvalue weighted by Crippen LogP contribution is -2.12. The minimum Gasteiger partial charge on any atom is -0.339 e. The molecule has 1 aromatic heterocycles. The van der Waals surface area contributed by atoms with Crippen molar-refractivity contribution >= 4 is 39.0 Å². The summed E-state index contributed by atoms with van der Waals surface area (Å²) in [4.78, 5) is 12.6. The standard InChI is InChI=1S/C24H18BrFN4O/c1-15-13-20(9-10-21(15)25)28-24(31)17-3-2-4-19(14-17)27-23-12-11-22(29-30-23)16-5-7-18(26)8-6-16/h2-14H,1H3,(H,27,30)(H,28,31). The summed E-state index contributed by atoms with van der Waals surface area (Å²) >= 11 is 3.45. The van der Waals surface area contributed by atoms with Crippen LogP contribution in [0.5, 0.6) is 0 Å². The molecular weight excluding hydrogens is 459 g/mol. The molecule has 0 radical (unpaired) electrons. The largest absolute Gasteiger partial charge is 0.339 e. The number of hydrogen-bond acceptors (Lipinski definition) is 4. The van der Waals surface area contributed by atoms with E-state index in [9.17, 15) is 9.18 Å². The van der Waals surface area contributed by atoms with Gasteiger partial charge in [-0.2, -0.15) is 0 Å². The van der Waals surface area contributed by atoms with E-state index in [1.807, 2.05) is 31.2 Å². The van der Waals surface area contributed by atoms with Gasteiger partial charge in [-0.05, 0) is 85.3 Å². The van der Waals surface area contributed by atoms with E-state index in [-0.39, 0.29) is 11.7 Å². The van der Waals surface area contributed by atoms with Crippen LogP contribution in [0.2, 0.25) is 0 Å². The third-order valence-electron chi connectivity index (χ3n) is 4.62. The molecule has 0 bridgehead atoms. The lowest BCUT2D eigenvalue weighted by Gasteiger charge is -2.10. The van der Waals surface area contributed by atoms with Crippen molar-refractivity contribution in [3.05, 3.63) is 100 Å². The molecule has 0 atom stereocenters. The summed E-state index contributed by atoms with van der Waals surface area (Å²) in [5.41, 5.74) is 4.41. The highest BCUT2D eigenvalue weighted by molar-refractivity contribution is 9.10. The van der Waals surface area contributed by atoms with Gasteiger partial charge in [0.2, 0.25) is 0 Å². The van der Waals surface area contributed by atoms with Crippen LogP contribution < -0.4 is 10.6 Å². The fraction of sp³-hybridized carbons (Fsp3) is 0.0417. The Morgan fingerprint density at radius 3 is 2.42 bits per heavy atom. The summed E-state index contributed by atoms with van der Waals surface area (Å²) in [5, 5.41) is 14.4. The molecule has 0 aliphatic carbocycles. The van der Waals surface area contributed by atoms with Gasteiger partial charge in [-0.1, -0.05) is 22.0 Å². The van der Waals surface area contributed by atoms with E-state index in [1.165, 1.54) is 12.1 Å². The molecule has 0 saturated heterocycles. The lowest BCUT2D eigenvalue weighted by atomic mass is 10.1. The van der Waals surface area contributed by atoms with E-state index >= 15 is 0 Å². The zero-order valence-electron chi connectivity index (χ0n) is 16.6. The molecular formula is C24H18BrFN4O. The van der Waals surface area contributed by atoms with E-state index in [1.54, 1.807) is 42.5 Å². The molecule has 2 N–H and O–H groups in total. The Hall–Kier alpha value is -3.58. The third-order valence-corrected chi connectivity index (χ3v) is 5.51. The summed E-state index contributed by atoms with van der Waals surface area (Å²) in [6.45, 7) is 1.96. The number of anilines is 3. The van der Waals surface area contributed by atoms with E-state index < -0.39 is 0 Å². The van der Waals surface area contributed by atoms with Crippen LogP contribution in [0.1, 0.15) is 15.9 Å². The minimum atomic E-state index is -0.297. The first kappa shape index (κ1) is 20.7. The number of carbonyl (C=O) groups excluding carboxylic acids is 1. The average molecular weight is 477 g/mol. The quantitative estimate of drug-likeness (QED) is 0.352. The fourth-order valence-electron chi connectivity index (χ4n) is 2.99. The molecule has 4 aromatic rings. The van der Waals surface area contributed by atoms with Gasteiger partial charge in [-0.25, -0.2) is 4.39 Å². The predicted octanol–water partition coefficient (Wildman–Crippen LogP) is 6.35. The van der Waals surface area contributed by atoms with E-state index in [0.29, 0.717) is 22.8 Å². The van der Waals surface area contributed by atoms with Crippen LogP contribution in [-0.4, -0.2) is 16.1 Å². The topological polar surface area (TPSA) is 66.9 Å². The van der Waals surface area contributed by atoms with Crippen LogP contribution in [0.15, 0.2) is 83.3 Å². The first-order chi connectivity index (χ1) is 15.0. The summed E-state index contributed by atoms with van der Waals surface area (Å²) in [5.74, 6) is 0.0317. The van der Waals surface area contributed by atoms with Gasteiger partial charge >= 0.3 is 0 Å². The van der Waals surface area contributed by atoms with Crippen molar-refractivity contribution in [3.63, 3.8) is 0 Å². The van der Waals surface area contributed by atoms with Gasteiger partial charge < -0.3 is 10.6 Å². The number of hydrogen-bond donors (Lipinski definition) is 2. The van der Waals surface area contributed by atoms with Crippen LogP contribution in [0.25, 0.3) is 11.3 Å². The first-order valence-electron chi connectivity index (χ1n) is 9.52. The van der Waals surface area contributed by atoms with E-state index in [2.05, 4.69) is 36.8 Å². The van der Waals surface area contributed by atoms with Gasteiger partial charge in [0.15, 0.2) is 5.82 Å². The lowest BCUT2D eigenvalue weighted by molar-refractivity contribution is 0.102. The zero-order valence-corrected chi connectivity index (χ0v) is 18.2. The molecule has 3 aromatic carbocycles. The van der Waals surface area contributed by atoms with Gasteiger partial charge in [0.05, 0.1) is 5.69 Å². The predicted molar refractivity (Wildman–Crippen MR) is 124 cm³/mol. The fourth-order valence-corrected chi connectivity index (χ4v) is 3.23. The number of rotatable bonds is 5. The number of aryl methyl sites for hydroxylation is 1. The summed E-state index contributed by atoms with van der Waals surface area (Å²) in [6, 6.07) is 22.4. The molecule has 0 fully saturated rings. The molecule has 0 aliphatic rings. The van der Waals surface area contributed by atoms with Crippen LogP contribution in [0.3, 0.4) is 0 Å². The SMILES string of the molecule is Cc1cc(NC(=O)c2cccc(Nc3ccc(-c4ccc(F)cc4)nn3)c2)ccc1Br. The minimum absolute atomic E-state index is 0.205. The average Bonchev–Trinajstić information content (AvgIpc) is 2.78. The van der Waals surface area contributed by atoms with Crippen molar-refractivity contribution in [2.24, 2.45) is 0 Å². The Morgan fingerprint density at radius 2 is 1.71 bits per heavy atom. The van der Waals surface area contributed by atoms with Crippen LogP contribution in [0, 0.1) is 12.7 Å². The van der Waals surface area contributed by atoms with Gasteiger partial charge in [-0.15, -0.1) is 10.2 Å². The smallest absolute Gasteiger partial charge is 0.255 e. The van der Waals surface area contributed by atoms with Crippen LogP contribution >= 0.6 is 15.9 Å². The van der Waals surface area contributed by atoms with Crippen molar-refractivity contribution in [1.82, 2.24) is 10.2 Å². The monoisotopic (exact) mass is 476 g/mol. The van der Waals surface area contributed by atoms with Crippen molar-refractivity contribution in [3.8, 4) is 11.3 Å². The Bertz CT molecular complexity index is 1230. The van der Waals surface area contributed by atoms with Crippen LogP contribution in [0.4, 0.5) is 21.6 Å². The maximum atomic E-state index is 13.1. The molecule has 5 nitrogen and oxygen atoms in total. The molecule has 0 saturated carbocycles. The van der Waals surface area contributed by atoms with Crippen molar-refractivity contribution < 1.29 is 9.18 Å². The van der Waals surface area contributed by atoms with E-state index in [0.717, 1.165) is 21.3 Å². The Morgan fingerprint density at radius 1 is 0.903 bits per heavy atom. The number of aromatic nitrogens is 2. The summed E-state index contributed by atoms with van der Waals surface area (Å²) in [7, 11) is 0. The van der Waals surface area contributed by atoms with Gasteiger partial charge in [0, 0.05) is 27.0 Å². The molecule has 31 heavy (non-hydrogen) atoms. The third kappa shape index (κ3) is 5.13. The molecule has 154 valence electrons. The van der Waals surface area contributed by atoms with E-state index in [4.69, 9.17) is 0 Å². The Kier molecular flexibility index (Phi) is 6.04. The highest BCUT2D eigenvalue weighted by Gasteiger charge is 2.09. The molecule has 7 heteroatoms. The second-order valence-corrected chi connectivity index (χ2v) is 7.79. The molecule has 0 unspecified atom stereocenters. The number of carbonyl (C=O) groups is 1. The van der Waals surface area contributed by atoms with Gasteiger partial charge in [0.1, 0.15) is 5.82 Å². The number of amides is 1. The first-order valence-corrected chi connectivity index (χ1v) is 10.3. The van der Waals surface area contributed by atoms with Gasteiger partial charge in [0.25, 0.3) is 5.91 Å². The highest BCUT2D eigenvalue weighted by Crippen LogP contribution is 2.22. The summed E-state index contributed by atoms with van der Waals surface area (Å²) in [6.07, 6.45) is 0. The number of halogens is 2. The number of nitrogens with one attached hydrogen (secondary N) is 2. The van der Waals surface area contributed by atoms with Gasteiger partial charge in [-0.3, -0.25) is 4.79 Å². The molecule has 0 aliphatic heterocycles. The van der Waals surface area contributed by atoms with Crippen molar-refractivity contribution in [2.45, 2.75) is 6.92 Å². The molecule has 0 spiro atoms. The maximum absolute atomic E-state index is 13.1. The zero-order chi connectivity index (χ0) is 21.8. The molecule has 4 rings (SSSR count). The molecule has 1 heterocycles. The maximum Gasteiger partial charge on any atom is 0.255 e. The Balaban J connectivity index is 1.46. The van der Waals surface area contributed by atoms with Crippen molar-refractivity contribution in [2.75, 3.05) is 10.6 Å². The highest BCUT2D eigenvalue weighted by atomic mass is 79.9. The molecule has 1 amide bonds. The second-order valence-electron chi connectivity index (χ2n) is 6.93. The summed E-state index contributed by atoms with van der Waals surface area (Å²) < 4.78 is 14.1. The second kappa shape index (κ2) is 9.06. The normalized spacial score (nSPS) is 10.5.